The molecule has 0 atom stereocenters. The summed E-state index contributed by atoms with van der Waals surface area (Å²) >= 11 is 0. The molecule has 2 fully saturated rings. The molecular weight excluding hydrogens is 777 g/mol. The molecule has 3 amide bonds. The van der Waals surface area contributed by atoms with Gasteiger partial charge in [0.2, 0.25) is 0 Å². The highest BCUT2D eigenvalue weighted by molar-refractivity contribution is 6.49. The van der Waals surface area contributed by atoms with Crippen molar-refractivity contribution < 1.29 is 37.4 Å². The number of hydrogen-bond donors (Lipinski definition) is 3. The lowest BCUT2D eigenvalue weighted by Gasteiger charge is -2.27. The molecule has 0 bridgehead atoms. The number of hydrogen-bond acceptors (Lipinski definition) is 11. The molecular formula is C43H45F2N9O6. The van der Waals surface area contributed by atoms with Crippen molar-refractivity contribution in [2.24, 2.45) is 0 Å². The van der Waals surface area contributed by atoms with Crippen LogP contribution in [0, 0.1) is 0 Å². The van der Waals surface area contributed by atoms with Gasteiger partial charge in [-0.05, 0) is 87.0 Å². The molecule has 15 nitrogen and oxygen atoms in total. The fourth-order valence-electron chi connectivity index (χ4n) is 7.77. The summed E-state index contributed by atoms with van der Waals surface area (Å²) < 4.78 is 42.7. The Morgan fingerprint density at radius 2 is 1.77 bits per heavy atom. The fraction of sp³-hybridized carbons (Fsp3) is 0.372. The van der Waals surface area contributed by atoms with Crippen molar-refractivity contribution in [2.75, 3.05) is 43.1 Å². The number of benzene rings is 2. The molecule has 2 aliphatic heterocycles. The molecule has 1 saturated heterocycles. The summed E-state index contributed by atoms with van der Waals surface area (Å²) in [5, 5.41) is 16.6. The van der Waals surface area contributed by atoms with E-state index in [1.54, 1.807) is 23.0 Å². The summed E-state index contributed by atoms with van der Waals surface area (Å²) in [5.74, 6) is -1.53. The Balaban J connectivity index is 0.752. The van der Waals surface area contributed by atoms with Crippen LogP contribution in [-0.4, -0.2) is 80.7 Å². The summed E-state index contributed by atoms with van der Waals surface area (Å²) in [6.07, 6.45) is 12.1. The van der Waals surface area contributed by atoms with Crippen molar-refractivity contribution in [1.29, 1.82) is 0 Å². The number of carbonyl (C=O) groups is 4. The maximum Gasteiger partial charge on any atom is 0.299 e. The number of nitrogens with one attached hydrogen (secondary N) is 3. The molecule has 1 saturated carbocycles. The zero-order valence-corrected chi connectivity index (χ0v) is 32.9. The maximum absolute atomic E-state index is 14.1. The second-order valence-electron chi connectivity index (χ2n) is 15.1. The molecule has 5 aromatic rings. The van der Waals surface area contributed by atoms with Gasteiger partial charge >= 0.3 is 0 Å². The number of fused-ring (bicyclic) bond motifs is 2. The third kappa shape index (κ3) is 9.05. The predicted molar refractivity (Wildman–Crippen MR) is 217 cm³/mol. The SMILES string of the molecule is O=C1NC(=O)c2c(Oc3ccc(CCCCCCNC=C4CCC(n5cc(NC(=O)c6cnn7ccc(N8CCOCC8)nc67)c(C(F)F)n5)CC4)cc3)cccc2C1=O. The number of imide groups is 1. The first-order valence-electron chi connectivity index (χ1n) is 20.3. The number of anilines is 2. The molecule has 0 radical (unpaired) electrons. The van der Waals surface area contributed by atoms with E-state index in [4.69, 9.17) is 9.47 Å². The molecule has 2 aromatic carbocycles. The smallest absolute Gasteiger partial charge is 0.299 e. The van der Waals surface area contributed by atoms with E-state index in [2.05, 4.69) is 42.2 Å². The lowest BCUT2D eigenvalue weighted by Crippen LogP contribution is -2.42. The number of amides is 3. The Bertz CT molecular complexity index is 2410. The second kappa shape index (κ2) is 18.2. The lowest BCUT2D eigenvalue weighted by molar-refractivity contribution is -0.116. The first-order valence-corrected chi connectivity index (χ1v) is 20.3. The van der Waals surface area contributed by atoms with E-state index in [1.807, 2.05) is 30.3 Å². The van der Waals surface area contributed by atoms with Crippen LogP contribution in [0.15, 0.2) is 78.9 Å². The quantitative estimate of drug-likeness (QED) is 0.0591. The average molecular weight is 822 g/mol. The number of Topliss-reactive ketones (excluding diaryl/α,β-unsaturated/α-hetero) is 1. The number of rotatable bonds is 15. The molecule has 1 aliphatic carbocycles. The zero-order valence-electron chi connectivity index (χ0n) is 32.9. The normalized spacial score (nSPS) is 16.9. The summed E-state index contributed by atoms with van der Waals surface area (Å²) in [6, 6.07) is 14.0. The van der Waals surface area contributed by atoms with E-state index in [1.165, 1.54) is 28.5 Å². The van der Waals surface area contributed by atoms with Gasteiger partial charge in [-0.3, -0.25) is 29.2 Å². The zero-order chi connectivity index (χ0) is 41.6. The number of aryl methyl sites for hydroxylation is 1. The number of carbonyl (C=O) groups excluding carboxylic acids is 4. The summed E-state index contributed by atoms with van der Waals surface area (Å²) in [6.45, 7) is 3.37. The van der Waals surface area contributed by atoms with Crippen LogP contribution in [-0.2, 0) is 16.0 Å². The summed E-state index contributed by atoms with van der Waals surface area (Å²) in [5.41, 5.74) is 2.56. The monoisotopic (exact) mass is 821 g/mol. The summed E-state index contributed by atoms with van der Waals surface area (Å²) in [7, 11) is 0. The Labute approximate surface area is 344 Å². The number of halogens is 2. The molecule has 0 unspecified atom stereocenters. The molecule has 8 rings (SSSR count). The van der Waals surface area contributed by atoms with Crippen molar-refractivity contribution in [1.82, 2.24) is 35.0 Å². The van der Waals surface area contributed by atoms with Gasteiger partial charge in [-0.25, -0.2) is 18.3 Å². The minimum atomic E-state index is -2.86. The van der Waals surface area contributed by atoms with Gasteiger partial charge in [0.25, 0.3) is 29.9 Å². The first kappa shape index (κ1) is 40.3. The largest absolute Gasteiger partial charge is 0.457 e. The van der Waals surface area contributed by atoms with Crippen LogP contribution in [0.25, 0.3) is 5.65 Å². The highest BCUT2D eigenvalue weighted by atomic mass is 19.3. The third-order valence-corrected chi connectivity index (χ3v) is 11.0. The van der Waals surface area contributed by atoms with Crippen molar-refractivity contribution in [3.8, 4) is 11.5 Å². The topological polar surface area (TPSA) is 174 Å². The standard InChI is InChI=1S/C43H45F2N9O6/c44-39(45)37-33(48-41(56)32-25-47-53-19-17-35(49-40(32)53)52-20-22-59-23-21-52)26-54(51-37)29-13-9-28(10-14-29)24-46-18-4-2-1-3-6-27-11-15-30(16-12-27)60-34-8-5-7-31-36(34)42(57)50-43(58)38(31)55/h5,7-8,11-12,15-17,19,24-26,29,39,46H,1-4,6,9-10,13-14,18,20-23H2,(H,48,56)(H,50,57,58). The number of alkyl halides is 2. The number of unbranched alkanes of at least 4 members (excludes halogenated alkanes) is 3. The number of ether oxygens (including phenoxy) is 2. The molecule has 0 spiro atoms. The second-order valence-corrected chi connectivity index (χ2v) is 15.1. The van der Waals surface area contributed by atoms with Gasteiger partial charge in [0.15, 0.2) is 11.3 Å². The van der Waals surface area contributed by atoms with E-state index >= 15 is 0 Å². The molecule has 17 heteroatoms. The predicted octanol–water partition coefficient (Wildman–Crippen LogP) is 6.59. The highest BCUT2D eigenvalue weighted by Crippen LogP contribution is 2.35. The van der Waals surface area contributed by atoms with Gasteiger partial charge in [-0.2, -0.15) is 10.2 Å². The minimum absolute atomic E-state index is 0.0230. The van der Waals surface area contributed by atoms with Gasteiger partial charge in [0, 0.05) is 37.6 Å². The molecule has 5 heterocycles. The molecule has 3 N–H and O–H groups in total. The van der Waals surface area contributed by atoms with Gasteiger partial charge < -0.3 is 25.0 Å². The van der Waals surface area contributed by atoms with Gasteiger partial charge in [-0.1, -0.05) is 36.6 Å². The first-order chi connectivity index (χ1) is 29.2. The number of aromatic nitrogens is 5. The van der Waals surface area contributed by atoms with Crippen molar-refractivity contribution in [2.45, 2.75) is 70.3 Å². The van der Waals surface area contributed by atoms with Crippen LogP contribution in [0.4, 0.5) is 20.3 Å². The Morgan fingerprint density at radius 3 is 2.55 bits per heavy atom. The van der Waals surface area contributed by atoms with Crippen LogP contribution in [0.3, 0.4) is 0 Å². The number of nitrogens with zero attached hydrogens (tertiary/aromatic N) is 6. The van der Waals surface area contributed by atoms with E-state index in [-0.39, 0.29) is 34.2 Å². The fourth-order valence-corrected chi connectivity index (χ4v) is 7.77. The van der Waals surface area contributed by atoms with Crippen LogP contribution >= 0.6 is 0 Å². The van der Waals surface area contributed by atoms with Gasteiger partial charge in [-0.15, -0.1) is 0 Å². The van der Waals surface area contributed by atoms with Crippen molar-refractivity contribution in [3.05, 3.63) is 107 Å². The lowest BCUT2D eigenvalue weighted by atomic mass is 9.91. The Hall–Kier alpha value is -6.49. The number of morpholine rings is 1. The Kier molecular flexibility index (Phi) is 12.2. The van der Waals surface area contributed by atoms with E-state index < -0.39 is 35.6 Å². The average Bonchev–Trinajstić information content (AvgIpc) is 3.89. The molecule has 60 heavy (non-hydrogen) atoms. The highest BCUT2D eigenvalue weighted by Gasteiger charge is 2.33. The summed E-state index contributed by atoms with van der Waals surface area (Å²) in [4.78, 5) is 56.4. The molecule has 312 valence electrons. The van der Waals surface area contributed by atoms with Gasteiger partial charge in [0.1, 0.15) is 22.9 Å². The van der Waals surface area contributed by atoms with Crippen LogP contribution in [0.1, 0.15) is 106 Å². The number of allylic oxidation sites excluding steroid dienone is 1. The number of ketones is 1. The van der Waals surface area contributed by atoms with Gasteiger partial charge in [0.05, 0.1) is 36.7 Å². The van der Waals surface area contributed by atoms with Crippen LogP contribution in [0.2, 0.25) is 0 Å². The van der Waals surface area contributed by atoms with Crippen molar-refractivity contribution in [3.63, 3.8) is 0 Å². The van der Waals surface area contributed by atoms with E-state index in [0.29, 0.717) is 43.5 Å². The van der Waals surface area contributed by atoms with E-state index in [0.717, 1.165) is 69.9 Å². The van der Waals surface area contributed by atoms with Crippen LogP contribution < -0.4 is 25.6 Å². The van der Waals surface area contributed by atoms with E-state index in [9.17, 15) is 28.0 Å². The maximum atomic E-state index is 14.1. The third-order valence-electron chi connectivity index (χ3n) is 11.0. The molecule has 3 aliphatic rings. The van der Waals surface area contributed by atoms with Crippen LogP contribution in [0.5, 0.6) is 11.5 Å². The molecule has 3 aromatic heterocycles. The minimum Gasteiger partial charge on any atom is -0.457 e. The Morgan fingerprint density at radius 1 is 0.983 bits per heavy atom. The van der Waals surface area contributed by atoms with Crippen molar-refractivity contribution >= 4 is 40.7 Å².